The molecule has 0 saturated carbocycles. The van der Waals surface area contributed by atoms with Crippen LogP contribution >= 0.6 is 11.3 Å². The highest BCUT2D eigenvalue weighted by molar-refractivity contribution is 7.09. The lowest BCUT2D eigenvalue weighted by molar-refractivity contribution is -0.121. The van der Waals surface area contributed by atoms with Crippen LogP contribution in [0.5, 0.6) is 0 Å². The van der Waals surface area contributed by atoms with E-state index in [1.165, 1.54) is 10.9 Å². The van der Waals surface area contributed by atoms with Crippen LogP contribution in [0, 0.1) is 11.6 Å². The van der Waals surface area contributed by atoms with E-state index in [2.05, 4.69) is 5.32 Å². The Morgan fingerprint density at radius 1 is 1.29 bits per heavy atom. The van der Waals surface area contributed by atoms with E-state index in [1.807, 2.05) is 17.5 Å². The smallest absolute Gasteiger partial charge is 0.220 e. The third-order valence-electron chi connectivity index (χ3n) is 3.23. The lowest BCUT2D eigenvalue weighted by Gasteiger charge is -2.14. The quantitative estimate of drug-likeness (QED) is 0.850. The minimum atomic E-state index is -0.897. The van der Waals surface area contributed by atoms with Crippen LogP contribution in [-0.2, 0) is 11.2 Å². The van der Waals surface area contributed by atoms with Crippen molar-refractivity contribution in [3.63, 3.8) is 0 Å². The number of carbonyl (C=O) groups is 1. The molecule has 0 aliphatic heterocycles. The van der Waals surface area contributed by atoms with Crippen LogP contribution < -0.4 is 5.32 Å². The minimum Gasteiger partial charge on any atom is -0.350 e. The zero-order valence-corrected chi connectivity index (χ0v) is 12.6. The maximum Gasteiger partial charge on any atom is 0.220 e. The molecule has 0 spiro atoms. The lowest BCUT2D eigenvalue weighted by Crippen LogP contribution is -2.26. The number of carbonyl (C=O) groups excluding carboxylic acids is 1. The zero-order chi connectivity index (χ0) is 15.2. The summed E-state index contributed by atoms with van der Waals surface area (Å²) >= 11 is 1.68. The number of benzene rings is 1. The fourth-order valence-corrected chi connectivity index (χ4v) is 2.81. The number of aryl methyl sites for hydroxylation is 1. The number of hydrogen-bond acceptors (Lipinski definition) is 2. The Morgan fingerprint density at radius 2 is 2.10 bits per heavy atom. The van der Waals surface area contributed by atoms with Gasteiger partial charge in [0.05, 0.1) is 6.04 Å². The molecular weight excluding hydrogens is 292 g/mol. The molecule has 5 heteroatoms. The minimum absolute atomic E-state index is 0.0798. The van der Waals surface area contributed by atoms with Crippen molar-refractivity contribution in [2.24, 2.45) is 0 Å². The predicted octanol–water partition coefficient (Wildman–Crippen LogP) is 4.23. The molecule has 1 aromatic carbocycles. The molecule has 0 aliphatic carbocycles. The molecule has 0 saturated heterocycles. The second kappa shape index (κ2) is 7.31. The van der Waals surface area contributed by atoms with Crippen molar-refractivity contribution in [1.82, 2.24) is 5.32 Å². The first kappa shape index (κ1) is 15.6. The third kappa shape index (κ3) is 4.63. The molecule has 1 N–H and O–H groups in total. The van der Waals surface area contributed by atoms with Gasteiger partial charge in [0.1, 0.15) is 0 Å². The molecule has 0 radical (unpaired) electrons. The molecule has 0 bridgehead atoms. The predicted molar refractivity (Wildman–Crippen MR) is 80.2 cm³/mol. The summed E-state index contributed by atoms with van der Waals surface area (Å²) in [5, 5.41) is 4.81. The maximum absolute atomic E-state index is 13.2. The molecular formula is C16H17F2NOS. The summed E-state index contributed by atoms with van der Waals surface area (Å²) in [4.78, 5) is 13.1. The van der Waals surface area contributed by atoms with Crippen LogP contribution in [0.3, 0.4) is 0 Å². The summed E-state index contributed by atoms with van der Waals surface area (Å²) in [7, 11) is 0. The van der Waals surface area contributed by atoms with Gasteiger partial charge in [0.15, 0.2) is 11.6 Å². The van der Waals surface area contributed by atoms with Crippen LogP contribution in [0.25, 0.3) is 0 Å². The van der Waals surface area contributed by atoms with E-state index in [9.17, 15) is 13.6 Å². The Labute approximate surface area is 126 Å². The maximum atomic E-state index is 13.2. The van der Waals surface area contributed by atoms with Gasteiger partial charge in [-0.05, 0) is 48.9 Å². The van der Waals surface area contributed by atoms with E-state index in [4.69, 9.17) is 0 Å². The zero-order valence-electron chi connectivity index (χ0n) is 11.7. The van der Waals surface area contributed by atoms with E-state index in [0.29, 0.717) is 12.0 Å². The summed E-state index contributed by atoms with van der Waals surface area (Å²) in [5.74, 6) is -1.86. The summed E-state index contributed by atoms with van der Waals surface area (Å²) in [6.07, 6.45) is 2.08. The normalized spacial score (nSPS) is 12.1. The van der Waals surface area contributed by atoms with Gasteiger partial charge in [0, 0.05) is 11.3 Å². The van der Waals surface area contributed by atoms with Gasteiger partial charge in [0.25, 0.3) is 0 Å². The van der Waals surface area contributed by atoms with Gasteiger partial charge in [-0.25, -0.2) is 8.78 Å². The van der Waals surface area contributed by atoms with Crippen molar-refractivity contribution in [2.45, 2.75) is 32.2 Å². The summed E-state index contributed by atoms with van der Waals surface area (Å²) in [6.45, 7) is 1.75. The second-order valence-electron chi connectivity index (χ2n) is 4.90. The van der Waals surface area contributed by atoms with Crippen molar-refractivity contribution in [1.29, 1.82) is 0 Å². The number of hydrogen-bond donors (Lipinski definition) is 1. The molecule has 2 rings (SSSR count). The number of rotatable bonds is 6. The lowest BCUT2D eigenvalue weighted by atomic mass is 10.1. The van der Waals surface area contributed by atoms with E-state index in [0.717, 1.165) is 25.0 Å². The van der Waals surface area contributed by atoms with Gasteiger partial charge in [-0.1, -0.05) is 12.1 Å². The monoisotopic (exact) mass is 309 g/mol. The van der Waals surface area contributed by atoms with Crippen molar-refractivity contribution >= 4 is 17.2 Å². The topological polar surface area (TPSA) is 29.1 Å². The van der Waals surface area contributed by atoms with Crippen molar-refractivity contribution in [3.05, 3.63) is 57.8 Å². The highest BCUT2D eigenvalue weighted by Crippen LogP contribution is 2.16. The average molecular weight is 309 g/mol. The SMILES string of the molecule is CC(NC(=O)CCCc1cccs1)c1ccc(F)c(F)c1. The van der Waals surface area contributed by atoms with E-state index >= 15 is 0 Å². The molecule has 1 aromatic heterocycles. The summed E-state index contributed by atoms with van der Waals surface area (Å²) in [6, 6.07) is 7.37. The Kier molecular flexibility index (Phi) is 5.44. The Hall–Kier alpha value is -1.75. The number of thiophene rings is 1. The molecule has 21 heavy (non-hydrogen) atoms. The van der Waals surface area contributed by atoms with Gasteiger partial charge in [-0.3, -0.25) is 4.79 Å². The number of halogens is 2. The van der Waals surface area contributed by atoms with Crippen LogP contribution in [0.15, 0.2) is 35.7 Å². The van der Waals surface area contributed by atoms with Gasteiger partial charge >= 0.3 is 0 Å². The summed E-state index contributed by atoms with van der Waals surface area (Å²) < 4.78 is 26.0. The van der Waals surface area contributed by atoms with E-state index in [-0.39, 0.29) is 11.9 Å². The Bertz CT molecular complexity index is 598. The third-order valence-corrected chi connectivity index (χ3v) is 4.16. The molecule has 1 atom stereocenters. The molecule has 1 unspecified atom stereocenters. The summed E-state index contributed by atoms with van der Waals surface area (Å²) in [5.41, 5.74) is 0.556. The first-order valence-corrected chi connectivity index (χ1v) is 7.71. The molecule has 2 nitrogen and oxygen atoms in total. The highest BCUT2D eigenvalue weighted by atomic mass is 32.1. The van der Waals surface area contributed by atoms with Gasteiger partial charge in [-0.2, -0.15) is 0 Å². The van der Waals surface area contributed by atoms with Gasteiger partial charge in [0.2, 0.25) is 5.91 Å². The Morgan fingerprint density at radius 3 is 2.76 bits per heavy atom. The average Bonchev–Trinajstić information content (AvgIpc) is 2.95. The Balaban J connectivity index is 1.79. The fourth-order valence-electron chi connectivity index (χ4n) is 2.06. The standard InChI is InChI=1S/C16H17F2NOS/c1-11(12-7-8-14(17)15(18)10-12)19-16(20)6-2-4-13-5-3-9-21-13/h3,5,7-11H,2,4,6H2,1H3,(H,19,20). The molecule has 0 fully saturated rings. The molecule has 2 aromatic rings. The van der Waals surface area contributed by atoms with Crippen molar-refractivity contribution in [2.75, 3.05) is 0 Å². The molecule has 112 valence electrons. The van der Waals surface area contributed by atoms with Crippen molar-refractivity contribution < 1.29 is 13.6 Å². The largest absolute Gasteiger partial charge is 0.350 e. The van der Waals surface area contributed by atoms with Crippen LogP contribution in [0.1, 0.15) is 36.2 Å². The van der Waals surface area contributed by atoms with Gasteiger partial charge in [-0.15, -0.1) is 11.3 Å². The molecule has 0 aliphatic rings. The first-order valence-electron chi connectivity index (χ1n) is 6.83. The molecule has 1 heterocycles. The number of amides is 1. The second-order valence-corrected chi connectivity index (χ2v) is 5.93. The van der Waals surface area contributed by atoms with E-state index in [1.54, 1.807) is 18.3 Å². The first-order chi connectivity index (χ1) is 10.1. The van der Waals surface area contributed by atoms with Crippen molar-refractivity contribution in [3.8, 4) is 0 Å². The van der Waals surface area contributed by atoms with Crippen LogP contribution in [0.4, 0.5) is 8.78 Å². The van der Waals surface area contributed by atoms with Gasteiger partial charge < -0.3 is 5.32 Å². The fraction of sp³-hybridized carbons (Fsp3) is 0.312. The molecule has 1 amide bonds. The number of nitrogens with one attached hydrogen (secondary N) is 1. The van der Waals surface area contributed by atoms with Crippen LogP contribution in [0.2, 0.25) is 0 Å². The highest BCUT2D eigenvalue weighted by Gasteiger charge is 2.12. The van der Waals surface area contributed by atoms with E-state index < -0.39 is 11.6 Å². The van der Waals surface area contributed by atoms with Crippen LogP contribution in [-0.4, -0.2) is 5.91 Å².